The Labute approximate surface area is 147 Å². The van der Waals surface area contributed by atoms with E-state index >= 15 is 0 Å². The number of aliphatic hydroxyl groups is 1. The van der Waals surface area contributed by atoms with Gasteiger partial charge in [-0.25, -0.2) is 4.79 Å². The quantitative estimate of drug-likeness (QED) is 0.895. The summed E-state index contributed by atoms with van der Waals surface area (Å²) in [5, 5.41) is 21.2. The fourth-order valence-electron chi connectivity index (χ4n) is 3.07. The summed E-state index contributed by atoms with van der Waals surface area (Å²) in [5.41, 5.74) is 2.80. The maximum absolute atomic E-state index is 12.1. The Kier molecular flexibility index (Phi) is 5.36. The minimum Gasteiger partial charge on any atom is -0.508 e. The van der Waals surface area contributed by atoms with E-state index < -0.39 is 12.1 Å². The lowest BCUT2D eigenvalue weighted by Gasteiger charge is -2.34. The largest absolute Gasteiger partial charge is 0.508 e. The lowest BCUT2D eigenvalue weighted by Crippen LogP contribution is -2.45. The second-order valence-corrected chi connectivity index (χ2v) is 6.62. The summed E-state index contributed by atoms with van der Waals surface area (Å²) < 4.78 is 0. The van der Waals surface area contributed by atoms with Crippen LogP contribution in [0.5, 0.6) is 5.75 Å². The van der Waals surface area contributed by atoms with E-state index in [4.69, 9.17) is 4.84 Å². The molecule has 132 valence electrons. The van der Waals surface area contributed by atoms with Crippen LogP contribution in [0.25, 0.3) is 0 Å². The second-order valence-electron chi connectivity index (χ2n) is 6.62. The molecule has 5 heteroatoms. The molecule has 3 rings (SSSR count). The lowest BCUT2D eigenvalue weighted by molar-refractivity contribution is -0.154. The molecule has 0 amide bonds. The van der Waals surface area contributed by atoms with E-state index in [1.54, 1.807) is 0 Å². The van der Waals surface area contributed by atoms with E-state index in [0.29, 0.717) is 18.7 Å². The van der Waals surface area contributed by atoms with Crippen molar-refractivity contribution in [2.75, 3.05) is 13.1 Å². The summed E-state index contributed by atoms with van der Waals surface area (Å²) in [7, 11) is 0. The molecule has 2 N–H and O–H groups in total. The maximum Gasteiger partial charge on any atom is 0.357 e. The fourth-order valence-corrected chi connectivity index (χ4v) is 3.07. The van der Waals surface area contributed by atoms with Gasteiger partial charge in [0.05, 0.1) is 18.2 Å². The third kappa shape index (κ3) is 4.59. The van der Waals surface area contributed by atoms with E-state index in [9.17, 15) is 15.0 Å². The monoisotopic (exact) mass is 341 g/mol. The zero-order valence-corrected chi connectivity index (χ0v) is 14.3. The first-order chi connectivity index (χ1) is 12.0. The van der Waals surface area contributed by atoms with Gasteiger partial charge in [-0.2, -0.15) is 0 Å². The summed E-state index contributed by atoms with van der Waals surface area (Å²) in [4.78, 5) is 17.5. The molecule has 5 nitrogen and oxygen atoms in total. The van der Waals surface area contributed by atoms with E-state index in [2.05, 4.69) is 31.2 Å². The molecule has 1 aliphatic heterocycles. The smallest absolute Gasteiger partial charge is 0.357 e. The number of phenols is 1. The van der Waals surface area contributed by atoms with Gasteiger partial charge in [0.1, 0.15) is 5.75 Å². The summed E-state index contributed by atoms with van der Waals surface area (Å²) in [6.45, 7) is 2.96. The molecule has 25 heavy (non-hydrogen) atoms. The molecule has 0 bridgehead atoms. The van der Waals surface area contributed by atoms with Gasteiger partial charge < -0.3 is 15.1 Å². The number of β-amino-alcohol motifs (C(OH)–C–C–N with tert-alkyl or cyclic N) is 1. The van der Waals surface area contributed by atoms with Crippen molar-refractivity contribution in [1.29, 1.82) is 0 Å². The number of hydroxylamine groups is 2. The first-order valence-electron chi connectivity index (χ1n) is 8.51. The number of aromatic hydroxyl groups is 1. The Hall–Kier alpha value is -2.37. The molecule has 1 fully saturated rings. The van der Waals surface area contributed by atoms with E-state index in [-0.39, 0.29) is 11.7 Å². The zero-order valence-electron chi connectivity index (χ0n) is 14.3. The van der Waals surface area contributed by atoms with Gasteiger partial charge in [-0.3, -0.25) is 0 Å². The number of carbonyl (C=O) groups excluding carboxylic acids is 1. The number of rotatable bonds is 4. The van der Waals surface area contributed by atoms with Gasteiger partial charge >= 0.3 is 5.97 Å². The fraction of sp³-hybridized carbons (Fsp3) is 0.350. The second kappa shape index (κ2) is 7.68. The summed E-state index contributed by atoms with van der Waals surface area (Å²) >= 11 is 0. The molecule has 0 spiro atoms. The average Bonchev–Trinajstić information content (AvgIpc) is 2.60. The molecule has 2 aromatic carbocycles. The third-order valence-electron chi connectivity index (χ3n) is 4.62. The molecule has 2 unspecified atom stereocenters. The van der Waals surface area contributed by atoms with Crippen LogP contribution >= 0.6 is 0 Å². The van der Waals surface area contributed by atoms with Gasteiger partial charge in [-0.15, -0.1) is 5.06 Å². The van der Waals surface area contributed by atoms with Gasteiger partial charge in [0.2, 0.25) is 0 Å². The number of nitrogens with zero attached hydrogens (tertiary/aromatic N) is 1. The number of aryl methyl sites for hydroxylation is 1. The summed E-state index contributed by atoms with van der Waals surface area (Å²) in [5.74, 6) is -0.223. The van der Waals surface area contributed by atoms with Crippen LogP contribution in [0.1, 0.15) is 27.9 Å². The van der Waals surface area contributed by atoms with Crippen LogP contribution in [0.3, 0.4) is 0 Å². The lowest BCUT2D eigenvalue weighted by atomic mass is 9.88. The van der Waals surface area contributed by atoms with E-state index in [1.807, 2.05) is 0 Å². The minimum atomic E-state index is -0.539. The van der Waals surface area contributed by atoms with Crippen LogP contribution in [0.4, 0.5) is 0 Å². The Balaban J connectivity index is 1.53. The molecule has 1 saturated heterocycles. The molecule has 0 aromatic heterocycles. The normalized spacial score (nSPS) is 21.0. The molecule has 0 aliphatic carbocycles. The Morgan fingerprint density at radius 2 is 1.84 bits per heavy atom. The van der Waals surface area contributed by atoms with Crippen molar-refractivity contribution in [3.8, 4) is 5.75 Å². The highest BCUT2D eigenvalue weighted by molar-refractivity contribution is 5.89. The number of phenolic OH excluding ortho intramolecular Hbond substituents is 1. The minimum absolute atomic E-state index is 0.101. The number of benzene rings is 2. The van der Waals surface area contributed by atoms with Crippen LogP contribution in [-0.4, -0.2) is 40.4 Å². The molecule has 2 aromatic rings. The Morgan fingerprint density at radius 3 is 2.48 bits per heavy atom. The van der Waals surface area contributed by atoms with Crippen molar-refractivity contribution in [1.82, 2.24) is 5.06 Å². The van der Waals surface area contributed by atoms with Gasteiger partial charge in [-0.1, -0.05) is 29.8 Å². The molecule has 0 saturated carbocycles. The number of aliphatic hydroxyl groups excluding tert-OH is 1. The van der Waals surface area contributed by atoms with Gasteiger partial charge in [0, 0.05) is 6.54 Å². The molecule has 1 aliphatic rings. The zero-order chi connectivity index (χ0) is 17.8. The topological polar surface area (TPSA) is 70.0 Å². The van der Waals surface area contributed by atoms with Crippen molar-refractivity contribution in [2.24, 2.45) is 5.92 Å². The first-order valence-corrected chi connectivity index (χ1v) is 8.51. The predicted molar refractivity (Wildman–Crippen MR) is 94.1 cm³/mol. The Bertz CT molecular complexity index is 711. The van der Waals surface area contributed by atoms with Gasteiger partial charge in [-0.05, 0) is 55.5 Å². The molecule has 0 radical (unpaired) electrons. The van der Waals surface area contributed by atoms with Crippen molar-refractivity contribution in [2.45, 2.75) is 25.9 Å². The maximum atomic E-state index is 12.1. The van der Waals surface area contributed by atoms with Crippen molar-refractivity contribution in [3.05, 3.63) is 65.2 Å². The average molecular weight is 341 g/mol. The third-order valence-corrected chi connectivity index (χ3v) is 4.62. The van der Waals surface area contributed by atoms with Crippen LogP contribution in [0.2, 0.25) is 0 Å². The van der Waals surface area contributed by atoms with Crippen LogP contribution in [0, 0.1) is 12.8 Å². The predicted octanol–water partition coefficient (Wildman–Crippen LogP) is 2.70. The summed E-state index contributed by atoms with van der Waals surface area (Å²) in [6, 6.07) is 14.3. The number of carbonyl (C=O) groups is 1. The number of hydrogen-bond acceptors (Lipinski definition) is 5. The van der Waals surface area contributed by atoms with Gasteiger partial charge in [0.25, 0.3) is 0 Å². The first kappa shape index (κ1) is 17.5. The molecule has 2 atom stereocenters. The highest BCUT2D eigenvalue weighted by Gasteiger charge is 2.30. The van der Waals surface area contributed by atoms with E-state index in [1.165, 1.54) is 40.5 Å². The van der Waals surface area contributed by atoms with Crippen LogP contribution in [0.15, 0.2) is 48.5 Å². The summed E-state index contributed by atoms with van der Waals surface area (Å²) in [6.07, 6.45) is 1.04. The highest BCUT2D eigenvalue weighted by Crippen LogP contribution is 2.23. The van der Waals surface area contributed by atoms with Crippen molar-refractivity contribution >= 4 is 5.97 Å². The molecule has 1 heterocycles. The highest BCUT2D eigenvalue weighted by atomic mass is 16.7. The number of hydrogen-bond donors (Lipinski definition) is 2. The van der Waals surface area contributed by atoms with Gasteiger partial charge in [0.15, 0.2) is 0 Å². The SMILES string of the molecule is Cc1ccc(CC2CCN(OC(=O)c3ccc(O)cc3)CC2O)cc1. The van der Waals surface area contributed by atoms with Crippen molar-refractivity contribution in [3.63, 3.8) is 0 Å². The molecular weight excluding hydrogens is 318 g/mol. The number of piperidine rings is 1. The standard InChI is InChI=1S/C20H23NO4/c1-14-2-4-15(5-3-14)12-17-10-11-21(13-19(17)23)25-20(24)16-6-8-18(22)9-7-16/h2-9,17,19,22-23H,10-13H2,1H3. The van der Waals surface area contributed by atoms with Crippen LogP contribution in [-0.2, 0) is 11.3 Å². The van der Waals surface area contributed by atoms with Crippen LogP contribution < -0.4 is 0 Å². The molecular formula is C20H23NO4. The van der Waals surface area contributed by atoms with E-state index in [0.717, 1.165) is 12.8 Å². The van der Waals surface area contributed by atoms with Crippen molar-refractivity contribution < 1.29 is 19.8 Å². The Morgan fingerprint density at radius 1 is 1.16 bits per heavy atom.